The van der Waals surface area contributed by atoms with Gasteiger partial charge in [0, 0.05) is 11.8 Å². The molecule has 0 aromatic heterocycles. The molecule has 4 heteroatoms. The first-order chi connectivity index (χ1) is 11.5. The van der Waals surface area contributed by atoms with Crippen LogP contribution in [0.3, 0.4) is 0 Å². The Labute approximate surface area is 142 Å². The van der Waals surface area contributed by atoms with Crippen molar-refractivity contribution in [3.8, 4) is 5.75 Å². The molecule has 1 aromatic rings. The van der Waals surface area contributed by atoms with E-state index in [1.807, 2.05) is 12.1 Å². The number of hydrogen-bond acceptors (Lipinski definition) is 3. The van der Waals surface area contributed by atoms with E-state index in [9.17, 15) is 9.59 Å². The van der Waals surface area contributed by atoms with Crippen molar-refractivity contribution in [1.29, 1.82) is 0 Å². The first kappa shape index (κ1) is 15.7. The van der Waals surface area contributed by atoms with Crippen molar-refractivity contribution < 1.29 is 19.4 Å². The molecule has 3 aliphatic carbocycles. The number of fused-ring (bicyclic) bond motifs is 5. The Morgan fingerprint density at radius 3 is 2.92 bits per heavy atom. The fourth-order valence-corrected chi connectivity index (χ4v) is 5.56. The topological polar surface area (TPSA) is 63.6 Å². The number of aliphatic carboxylic acids is 1. The number of Topliss-reactive ketones (excluding diaryl/α,β-unsaturated/α-hetero) is 1. The van der Waals surface area contributed by atoms with Crippen LogP contribution in [0.4, 0.5) is 0 Å². The van der Waals surface area contributed by atoms with E-state index in [0.29, 0.717) is 29.3 Å². The molecule has 0 saturated heterocycles. The van der Waals surface area contributed by atoms with E-state index in [0.717, 1.165) is 38.5 Å². The predicted molar refractivity (Wildman–Crippen MR) is 89.2 cm³/mol. The first-order valence-electron chi connectivity index (χ1n) is 9.00. The summed E-state index contributed by atoms with van der Waals surface area (Å²) in [5, 5.41) is 8.75. The van der Waals surface area contributed by atoms with Crippen molar-refractivity contribution in [2.24, 2.45) is 17.3 Å². The SMILES string of the molecule is C[C@]12CC[C@@H]3c4ccc(OCC(=O)O)cc4CC[C@@H]3[C@@H]1CCC2=O. The van der Waals surface area contributed by atoms with E-state index in [1.54, 1.807) is 0 Å². The minimum absolute atomic E-state index is 0.0801. The second kappa shape index (κ2) is 5.61. The number of ketones is 1. The van der Waals surface area contributed by atoms with Gasteiger partial charge in [-0.1, -0.05) is 13.0 Å². The van der Waals surface area contributed by atoms with Gasteiger partial charge in [0.2, 0.25) is 0 Å². The van der Waals surface area contributed by atoms with Gasteiger partial charge in [-0.2, -0.15) is 0 Å². The maximum absolute atomic E-state index is 12.4. The van der Waals surface area contributed by atoms with Crippen LogP contribution in [0.15, 0.2) is 18.2 Å². The Balaban J connectivity index is 1.59. The fourth-order valence-electron chi connectivity index (χ4n) is 5.56. The third-order valence-electron chi connectivity index (χ3n) is 6.77. The second-order valence-corrected chi connectivity index (χ2v) is 7.88. The molecule has 3 aliphatic rings. The van der Waals surface area contributed by atoms with Crippen LogP contribution in [0, 0.1) is 17.3 Å². The zero-order valence-corrected chi connectivity index (χ0v) is 14.1. The molecule has 0 spiro atoms. The van der Waals surface area contributed by atoms with Crippen molar-refractivity contribution in [3.05, 3.63) is 29.3 Å². The first-order valence-corrected chi connectivity index (χ1v) is 9.00. The van der Waals surface area contributed by atoms with Crippen LogP contribution in [-0.2, 0) is 16.0 Å². The van der Waals surface area contributed by atoms with Crippen LogP contribution in [0.5, 0.6) is 5.75 Å². The molecule has 2 saturated carbocycles. The van der Waals surface area contributed by atoms with Gasteiger partial charge in [-0.3, -0.25) is 4.79 Å². The van der Waals surface area contributed by atoms with E-state index in [4.69, 9.17) is 9.84 Å². The summed E-state index contributed by atoms with van der Waals surface area (Å²) in [6.07, 6.45) is 6.06. The zero-order valence-electron chi connectivity index (χ0n) is 14.1. The smallest absolute Gasteiger partial charge is 0.341 e. The molecule has 24 heavy (non-hydrogen) atoms. The molecule has 1 N–H and O–H groups in total. The summed E-state index contributed by atoms with van der Waals surface area (Å²) in [4.78, 5) is 23.0. The molecule has 0 unspecified atom stereocenters. The average Bonchev–Trinajstić information content (AvgIpc) is 2.88. The number of benzene rings is 1. The quantitative estimate of drug-likeness (QED) is 0.921. The fraction of sp³-hybridized carbons (Fsp3) is 0.600. The summed E-state index contributed by atoms with van der Waals surface area (Å²) in [6, 6.07) is 6.04. The van der Waals surface area contributed by atoms with E-state index in [2.05, 4.69) is 13.0 Å². The van der Waals surface area contributed by atoms with Gasteiger partial charge in [0.15, 0.2) is 6.61 Å². The maximum Gasteiger partial charge on any atom is 0.341 e. The van der Waals surface area contributed by atoms with Crippen LogP contribution in [0.25, 0.3) is 0 Å². The summed E-state index contributed by atoms with van der Waals surface area (Å²) in [5.41, 5.74) is 2.62. The van der Waals surface area contributed by atoms with E-state index in [-0.39, 0.29) is 12.0 Å². The van der Waals surface area contributed by atoms with Crippen LogP contribution in [0.1, 0.15) is 56.1 Å². The normalized spacial score (nSPS) is 34.2. The van der Waals surface area contributed by atoms with E-state index >= 15 is 0 Å². The summed E-state index contributed by atoms with van der Waals surface area (Å²) in [7, 11) is 0. The van der Waals surface area contributed by atoms with Gasteiger partial charge < -0.3 is 9.84 Å². The van der Waals surface area contributed by atoms with Gasteiger partial charge in [-0.25, -0.2) is 4.79 Å². The lowest BCUT2D eigenvalue weighted by Gasteiger charge is -2.48. The Morgan fingerprint density at radius 1 is 1.29 bits per heavy atom. The Kier molecular flexibility index (Phi) is 3.66. The van der Waals surface area contributed by atoms with Crippen molar-refractivity contribution >= 4 is 11.8 Å². The molecule has 0 bridgehead atoms. The average molecular weight is 328 g/mol. The van der Waals surface area contributed by atoms with Crippen LogP contribution >= 0.6 is 0 Å². The highest BCUT2D eigenvalue weighted by molar-refractivity contribution is 5.87. The van der Waals surface area contributed by atoms with Crippen molar-refractivity contribution in [1.82, 2.24) is 0 Å². The van der Waals surface area contributed by atoms with Crippen LogP contribution in [-0.4, -0.2) is 23.5 Å². The summed E-state index contributed by atoms with van der Waals surface area (Å²) < 4.78 is 5.32. The molecular formula is C20H24O4. The van der Waals surface area contributed by atoms with Crippen molar-refractivity contribution in [2.45, 2.75) is 51.4 Å². The van der Waals surface area contributed by atoms with Crippen molar-refractivity contribution in [2.75, 3.05) is 6.61 Å². The molecule has 0 radical (unpaired) electrons. The predicted octanol–water partition coefficient (Wildman–Crippen LogP) is 3.58. The highest BCUT2D eigenvalue weighted by Gasteiger charge is 2.54. The molecular weight excluding hydrogens is 304 g/mol. The number of ether oxygens (including phenoxy) is 1. The number of aryl methyl sites for hydroxylation is 1. The third-order valence-corrected chi connectivity index (χ3v) is 6.77. The number of carbonyl (C=O) groups is 2. The molecule has 4 atom stereocenters. The number of carboxylic acid groups (broad SMARTS) is 1. The Bertz CT molecular complexity index is 695. The zero-order chi connectivity index (χ0) is 16.9. The van der Waals surface area contributed by atoms with Gasteiger partial charge in [-0.05, 0) is 73.1 Å². The van der Waals surface area contributed by atoms with Crippen molar-refractivity contribution in [3.63, 3.8) is 0 Å². The van der Waals surface area contributed by atoms with Gasteiger partial charge in [0.1, 0.15) is 11.5 Å². The van der Waals surface area contributed by atoms with Gasteiger partial charge in [0.25, 0.3) is 0 Å². The number of carboxylic acids is 1. The van der Waals surface area contributed by atoms with Gasteiger partial charge in [0.05, 0.1) is 0 Å². The van der Waals surface area contributed by atoms with Gasteiger partial charge in [-0.15, -0.1) is 0 Å². The number of hydrogen-bond donors (Lipinski definition) is 1. The minimum atomic E-state index is -0.953. The summed E-state index contributed by atoms with van der Waals surface area (Å²) in [5.74, 6) is 1.88. The number of rotatable bonds is 3. The lowest BCUT2D eigenvalue weighted by molar-refractivity contribution is -0.139. The number of carbonyl (C=O) groups excluding carboxylic acids is 1. The second-order valence-electron chi connectivity index (χ2n) is 7.88. The molecule has 128 valence electrons. The largest absolute Gasteiger partial charge is 0.482 e. The van der Waals surface area contributed by atoms with E-state index in [1.165, 1.54) is 11.1 Å². The lowest BCUT2D eigenvalue weighted by Crippen LogP contribution is -2.42. The molecule has 0 aliphatic heterocycles. The Hall–Kier alpha value is -1.84. The monoisotopic (exact) mass is 328 g/mol. The minimum Gasteiger partial charge on any atom is -0.482 e. The molecule has 4 rings (SSSR count). The maximum atomic E-state index is 12.4. The highest BCUT2D eigenvalue weighted by atomic mass is 16.5. The molecule has 2 fully saturated rings. The molecule has 0 heterocycles. The standard InChI is InChI=1S/C20H24O4/c1-20-9-8-15-14-5-3-13(24-11-19(22)23)10-12(14)2-4-16(15)17(20)6-7-18(20)21/h3,5,10,15-17H,2,4,6-9,11H2,1H3,(H,22,23)/t15-,16+,17+,20+/m1/s1. The van der Waals surface area contributed by atoms with Gasteiger partial charge >= 0.3 is 5.97 Å². The van der Waals surface area contributed by atoms with E-state index < -0.39 is 5.97 Å². The summed E-state index contributed by atoms with van der Waals surface area (Å²) >= 11 is 0. The lowest BCUT2D eigenvalue weighted by atomic mass is 9.55. The third kappa shape index (κ3) is 2.35. The molecule has 1 aromatic carbocycles. The molecule has 4 nitrogen and oxygen atoms in total. The highest BCUT2D eigenvalue weighted by Crippen LogP contribution is 2.59. The van der Waals surface area contributed by atoms with Crippen LogP contribution < -0.4 is 4.74 Å². The van der Waals surface area contributed by atoms with Crippen LogP contribution in [0.2, 0.25) is 0 Å². The molecule has 0 amide bonds. The Morgan fingerprint density at radius 2 is 2.12 bits per heavy atom. The summed E-state index contributed by atoms with van der Waals surface area (Å²) in [6.45, 7) is 1.90.